The Morgan fingerprint density at radius 1 is 0.971 bits per heavy atom. The highest BCUT2D eigenvalue weighted by Gasteiger charge is 2.26. The van der Waals surface area contributed by atoms with Gasteiger partial charge < -0.3 is 10.2 Å². The van der Waals surface area contributed by atoms with Gasteiger partial charge in [-0.25, -0.2) is 4.98 Å². The maximum atomic E-state index is 13.8. The van der Waals surface area contributed by atoms with Gasteiger partial charge in [0.05, 0.1) is 15.7 Å². The van der Waals surface area contributed by atoms with Crippen LogP contribution >= 0.6 is 34.8 Å². The van der Waals surface area contributed by atoms with E-state index in [1.165, 1.54) is 5.56 Å². The minimum Gasteiger partial charge on any atom is -0.380 e. The van der Waals surface area contributed by atoms with E-state index in [2.05, 4.69) is 55.3 Å². The van der Waals surface area contributed by atoms with Crippen molar-refractivity contribution in [2.75, 3.05) is 11.9 Å². The van der Waals surface area contributed by atoms with Crippen molar-refractivity contribution in [3.8, 4) is 0 Å². The number of benzene rings is 2. The molecule has 7 heteroatoms. The fourth-order valence-electron chi connectivity index (χ4n) is 3.85. The molecule has 1 fully saturated rings. The molecule has 0 saturated heterocycles. The second-order valence-corrected chi connectivity index (χ2v) is 11.3. The van der Waals surface area contributed by atoms with E-state index >= 15 is 0 Å². The summed E-state index contributed by atoms with van der Waals surface area (Å²) in [5.41, 5.74) is 4.46. The van der Waals surface area contributed by atoms with E-state index in [1.54, 1.807) is 12.1 Å². The van der Waals surface area contributed by atoms with Crippen molar-refractivity contribution in [2.45, 2.75) is 58.0 Å². The molecule has 1 aliphatic carbocycles. The van der Waals surface area contributed by atoms with Crippen LogP contribution in [0.25, 0.3) is 0 Å². The quantitative estimate of drug-likeness (QED) is 0.302. The molecule has 0 atom stereocenters. The third-order valence-corrected chi connectivity index (χ3v) is 7.09. The average Bonchev–Trinajstić information content (AvgIpc) is 3.63. The first kappa shape index (κ1) is 25.8. The van der Waals surface area contributed by atoms with Crippen LogP contribution in [0.15, 0.2) is 54.6 Å². The van der Waals surface area contributed by atoms with Crippen molar-refractivity contribution >= 4 is 46.4 Å². The van der Waals surface area contributed by atoms with Crippen LogP contribution in [0.2, 0.25) is 15.2 Å². The number of nitrogens with one attached hydrogen (secondary N) is 1. The molecule has 1 N–H and O–H groups in total. The molecule has 0 radical (unpaired) electrons. The Morgan fingerprint density at radius 3 is 2.29 bits per heavy atom. The van der Waals surface area contributed by atoms with Gasteiger partial charge in [-0.05, 0) is 65.6 Å². The molecule has 4 nitrogen and oxygen atoms in total. The predicted octanol–water partition coefficient (Wildman–Crippen LogP) is 7.80. The number of aromatic nitrogens is 1. The van der Waals surface area contributed by atoms with E-state index in [-0.39, 0.29) is 11.3 Å². The standard InChI is InChI=1S/C28H30Cl3N3O/c1-28(2,3)20-7-4-19(5-8-20)17-34(15-14-18-6-11-22(29)23(30)16-18)27(35)26-24(32-21-9-10-21)12-13-25(31)33-26/h4-8,11-13,16,21,32H,9-10,14-15,17H2,1-3H3. The number of anilines is 1. The molecule has 35 heavy (non-hydrogen) atoms. The average molecular weight is 531 g/mol. The van der Waals surface area contributed by atoms with Gasteiger partial charge in [0.15, 0.2) is 5.69 Å². The van der Waals surface area contributed by atoms with Crippen LogP contribution in [0.1, 0.15) is 60.8 Å². The Kier molecular flexibility index (Phi) is 7.95. The van der Waals surface area contributed by atoms with Gasteiger partial charge in [0.1, 0.15) is 5.15 Å². The van der Waals surface area contributed by atoms with Gasteiger partial charge >= 0.3 is 0 Å². The number of rotatable bonds is 8. The highest BCUT2D eigenvalue weighted by molar-refractivity contribution is 6.42. The fraction of sp³-hybridized carbons (Fsp3) is 0.357. The zero-order valence-corrected chi connectivity index (χ0v) is 22.5. The lowest BCUT2D eigenvalue weighted by atomic mass is 9.87. The zero-order valence-electron chi connectivity index (χ0n) is 20.2. The molecule has 0 aliphatic heterocycles. The number of hydrogen-bond donors (Lipinski definition) is 1. The Balaban J connectivity index is 1.60. The Bertz CT molecular complexity index is 1200. The number of amides is 1. The van der Waals surface area contributed by atoms with Gasteiger partial charge in [0, 0.05) is 19.1 Å². The van der Waals surface area contributed by atoms with Gasteiger partial charge in [-0.3, -0.25) is 4.79 Å². The molecule has 4 rings (SSSR count). The number of nitrogens with zero attached hydrogens (tertiary/aromatic N) is 2. The normalized spacial score (nSPS) is 13.5. The lowest BCUT2D eigenvalue weighted by molar-refractivity contribution is 0.0740. The van der Waals surface area contributed by atoms with Gasteiger partial charge in [-0.2, -0.15) is 0 Å². The first-order chi connectivity index (χ1) is 16.6. The van der Waals surface area contributed by atoms with Crippen LogP contribution in [-0.2, 0) is 18.4 Å². The second-order valence-electron chi connectivity index (χ2n) is 10.1. The molecule has 184 valence electrons. The highest BCUT2D eigenvalue weighted by atomic mass is 35.5. The van der Waals surface area contributed by atoms with Crippen molar-refractivity contribution in [1.29, 1.82) is 0 Å². The third-order valence-electron chi connectivity index (χ3n) is 6.14. The summed E-state index contributed by atoms with van der Waals surface area (Å²) in [4.78, 5) is 20.1. The van der Waals surface area contributed by atoms with Crippen LogP contribution in [-0.4, -0.2) is 28.4 Å². The maximum absolute atomic E-state index is 13.8. The number of halogens is 3. The van der Waals surface area contributed by atoms with Crippen molar-refractivity contribution in [3.63, 3.8) is 0 Å². The minimum atomic E-state index is -0.157. The summed E-state index contributed by atoms with van der Waals surface area (Å²) in [7, 11) is 0. The summed E-state index contributed by atoms with van der Waals surface area (Å²) < 4.78 is 0. The van der Waals surface area contributed by atoms with Gasteiger partial charge in [-0.15, -0.1) is 0 Å². The van der Waals surface area contributed by atoms with Crippen LogP contribution in [0.5, 0.6) is 0 Å². The lowest BCUT2D eigenvalue weighted by Gasteiger charge is -2.25. The van der Waals surface area contributed by atoms with Gasteiger partial charge in [0.25, 0.3) is 5.91 Å². The van der Waals surface area contributed by atoms with E-state index in [0.717, 1.165) is 29.7 Å². The molecule has 1 saturated carbocycles. The van der Waals surface area contributed by atoms with Crippen molar-refractivity contribution in [1.82, 2.24) is 9.88 Å². The molecule has 0 bridgehead atoms. The number of pyridine rings is 1. The number of hydrogen-bond acceptors (Lipinski definition) is 3. The topological polar surface area (TPSA) is 45.2 Å². The Hall–Kier alpha value is -2.27. The summed E-state index contributed by atoms with van der Waals surface area (Å²) >= 11 is 18.5. The van der Waals surface area contributed by atoms with Crippen LogP contribution in [0, 0.1) is 0 Å². The van der Waals surface area contributed by atoms with E-state index in [0.29, 0.717) is 46.4 Å². The first-order valence-corrected chi connectivity index (χ1v) is 13.0. The molecule has 1 amide bonds. The summed E-state index contributed by atoms with van der Waals surface area (Å²) in [5.74, 6) is -0.157. The fourth-order valence-corrected chi connectivity index (χ4v) is 4.32. The second kappa shape index (κ2) is 10.8. The molecule has 0 spiro atoms. The van der Waals surface area contributed by atoms with Crippen molar-refractivity contribution < 1.29 is 4.79 Å². The molecular formula is C28H30Cl3N3O. The van der Waals surface area contributed by atoms with E-state index in [4.69, 9.17) is 34.8 Å². The molecular weight excluding hydrogens is 501 g/mol. The summed E-state index contributed by atoms with van der Waals surface area (Å²) in [5, 5.41) is 4.74. The van der Waals surface area contributed by atoms with Crippen LogP contribution < -0.4 is 5.32 Å². The molecule has 2 aromatic carbocycles. The number of carbonyl (C=O) groups excluding carboxylic acids is 1. The molecule has 1 aliphatic rings. The van der Waals surface area contributed by atoms with E-state index in [1.807, 2.05) is 23.1 Å². The summed E-state index contributed by atoms with van der Waals surface area (Å²) in [6.07, 6.45) is 2.82. The first-order valence-electron chi connectivity index (χ1n) is 11.9. The Labute approximate surface area is 222 Å². The minimum absolute atomic E-state index is 0.0655. The predicted molar refractivity (Wildman–Crippen MR) is 146 cm³/mol. The summed E-state index contributed by atoms with van der Waals surface area (Å²) in [6, 6.07) is 18.0. The molecule has 3 aromatic rings. The molecule has 1 heterocycles. The van der Waals surface area contributed by atoms with Gasteiger partial charge in [-0.1, -0.05) is 85.9 Å². The van der Waals surface area contributed by atoms with Gasteiger partial charge in [0.2, 0.25) is 0 Å². The molecule has 1 aromatic heterocycles. The monoisotopic (exact) mass is 529 g/mol. The lowest BCUT2D eigenvalue weighted by Crippen LogP contribution is -2.34. The summed E-state index contributed by atoms with van der Waals surface area (Å²) in [6.45, 7) is 7.52. The van der Waals surface area contributed by atoms with Crippen LogP contribution in [0.3, 0.4) is 0 Å². The Morgan fingerprint density at radius 2 is 1.66 bits per heavy atom. The maximum Gasteiger partial charge on any atom is 0.274 e. The van der Waals surface area contributed by atoms with E-state index < -0.39 is 0 Å². The third kappa shape index (κ3) is 6.91. The smallest absolute Gasteiger partial charge is 0.274 e. The molecule has 0 unspecified atom stereocenters. The largest absolute Gasteiger partial charge is 0.380 e. The highest BCUT2D eigenvalue weighted by Crippen LogP contribution is 2.29. The van der Waals surface area contributed by atoms with Crippen LogP contribution in [0.4, 0.5) is 5.69 Å². The number of carbonyl (C=O) groups is 1. The van der Waals surface area contributed by atoms with Crippen molar-refractivity contribution in [3.05, 3.63) is 92.2 Å². The SMILES string of the molecule is CC(C)(C)c1ccc(CN(CCc2ccc(Cl)c(Cl)c2)C(=O)c2nc(Cl)ccc2NC2CC2)cc1. The van der Waals surface area contributed by atoms with E-state index in [9.17, 15) is 4.79 Å². The zero-order chi connectivity index (χ0) is 25.2. The van der Waals surface area contributed by atoms with Crippen molar-refractivity contribution in [2.24, 2.45) is 0 Å².